The maximum Gasteiger partial charge on any atom is 0.391 e. The molecule has 12 heteroatoms. The lowest BCUT2D eigenvalue weighted by Crippen LogP contribution is -2.39. The van der Waals surface area contributed by atoms with Crippen molar-refractivity contribution in [1.29, 1.82) is 0 Å². The van der Waals surface area contributed by atoms with Gasteiger partial charge in [-0.15, -0.1) is 4.72 Å². The van der Waals surface area contributed by atoms with Crippen LogP contribution in [0, 0.1) is 5.92 Å². The number of piperidine rings is 1. The minimum Gasteiger partial charge on any atom is -0.598 e. The number of hydrogen-bond acceptors (Lipinski definition) is 5. The summed E-state index contributed by atoms with van der Waals surface area (Å²) in [6, 6.07) is 9.11. The van der Waals surface area contributed by atoms with Gasteiger partial charge in [0.05, 0.1) is 44.9 Å². The summed E-state index contributed by atoms with van der Waals surface area (Å²) in [4.78, 5) is 6.56. The standard InChI is InChI=1S/C25H30Cl2F3N5OS/c1-24(2,3)37(36)31-14-15-5-6-17(26)19(11-15)32-23-33-20-12-18(27)21(13-22(20)34(23)4)35-9-7-16(8-10-35)25(28,29)30/h5-6,11-13,16,31H,7-10,14H2,1-4H3,(H,32,33). The molecule has 6 nitrogen and oxygen atoms in total. The Morgan fingerprint density at radius 1 is 1.08 bits per heavy atom. The van der Waals surface area contributed by atoms with Crippen LogP contribution in [0.4, 0.5) is 30.5 Å². The molecule has 2 aromatic carbocycles. The zero-order chi connectivity index (χ0) is 27.1. The van der Waals surface area contributed by atoms with Gasteiger partial charge in [0.25, 0.3) is 0 Å². The number of imidazole rings is 1. The topological polar surface area (TPSA) is 68.2 Å². The van der Waals surface area contributed by atoms with Crippen LogP contribution in [0.15, 0.2) is 30.3 Å². The van der Waals surface area contributed by atoms with Gasteiger partial charge in [0.15, 0.2) is 0 Å². The van der Waals surface area contributed by atoms with E-state index >= 15 is 0 Å². The molecule has 0 saturated carbocycles. The molecule has 202 valence electrons. The van der Waals surface area contributed by atoms with Crippen molar-refractivity contribution in [3.8, 4) is 0 Å². The largest absolute Gasteiger partial charge is 0.598 e. The summed E-state index contributed by atoms with van der Waals surface area (Å²) in [5.74, 6) is -0.743. The quantitative estimate of drug-likeness (QED) is 0.311. The lowest BCUT2D eigenvalue weighted by atomic mass is 9.96. The third kappa shape index (κ3) is 6.42. The molecule has 1 fully saturated rings. The molecule has 3 aromatic rings. The van der Waals surface area contributed by atoms with Crippen LogP contribution in [-0.4, -0.2) is 38.1 Å². The number of nitrogens with zero attached hydrogens (tertiary/aromatic N) is 3. The van der Waals surface area contributed by atoms with E-state index in [0.29, 0.717) is 39.4 Å². The number of fused-ring (bicyclic) bond motifs is 1. The van der Waals surface area contributed by atoms with E-state index in [1.165, 1.54) is 0 Å². The van der Waals surface area contributed by atoms with Crippen LogP contribution in [0.5, 0.6) is 0 Å². The molecule has 2 N–H and O–H groups in total. The number of rotatable bonds is 6. The van der Waals surface area contributed by atoms with Crippen LogP contribution in [0.2, 0.25) is 10.0 Å². The predicted octanol–water partition coefficient (Wildman–Crippen LogP) is 6.95. The summed E-state index contributed by atoms with van der Waals surface area (Å²) in [6.07, 6.45) is -4.08. The number of hydrogen-bond donors (Lipinski definition) is 2. The highest BCUT2D eigenvalue weighted by atomic mass is 35.5. The number of aromatic nitrogens is 2. The average Bonchev–Trinajstić information content (AvgIpc) is 3.11. The Hall–Kier alpha value is -1.85. The second kappa shape index (κ2) is 10.7. The van der Waals surface area contributed by atoms with Gasteiger partial charge in [-0.2, -0.15) is 13.2 Å². The van der Waals surface area contributed by atoms with Crippen molar-refractivity contribution in [2.75, 3.05) is 23.3 Å². The molecule has 1 saturated heterocycles. The Morgan fingerprint density at radius 3 is 2.38 bits per heavy atom. The molecule has 0 amide bonds. The van der Waals surface area contributed by atoms with E-state index in [2.05, 4.69) is 15.0 Å². The first-order chi connectivity index (χ1) is 17.2. The van der Waals surface area contributed by atoms with E-state index in [1.54, 1.807) is 12.1 Å². The van der Waals surface area contributed by atoms with Crippen molar-refractivity contribution in [3.63, 3.8) is 0 Å². The number of alkyl halides is 3. The van der Waals surface area contributed by atoms with E-state index in [0.717, 1.165) is 11.1 Å². The first-order valence-electron chi connectivity index (χ1n) is 11.9. The third-order valence-electron chi connectivity index (χ3n) is 6.49. The second-order valence-electron chi connectivity index (χ2n) is 10.2. The Balaban J connectivity index is 1.54. The van der Waals surface area contributed by atoms with E-state index in [4.69, 9.17) is 23.2 Å². The molecule has 0 spiro atoms. The van der Waals surface area contributed by atoms with Gasteiger partial charge < -0.3 is 19.3 Å². The van der Waals surface area contributed by atoms with Crippen molar-refractivity contribution in [1.82, 2.24) is 14.3 Å². The molecular weight excluding hydrogens is 546 g/mol. The number of benzene rings is 2. The van der Waals surface area contributed by atoms with Crippen molar-refractivity contribution in [2.24, 2.45) is 13.0 Å². The van der Waals surface area contributed by atoms with Gasteiger partial charge in [0.2, 0.25) is 5.95 Å². The number of anilines is 3. The van der Waals surface area contributed by atoms with Gasteiger partial charge in [0.1, 0.15) is 4.75 Å². The van der Waals surface area contributed by atoms with Gasteiger partial charge in [-0.1, -0.05) is 29.3 Å². The highest BCUT2D eigenvalue weighted by Gasteiger charge is 2.41. The molecule has 37 heavy (non-hydrogen) atoms. The molecular formula is C25H30Cl2F3N5OS. The summed E-state index contributed by atoms with van der Waals surface area (Å²) in [5.41, 5.74) is 3.67. The molecule has 1 aliphatic rings. The van der Waals surface area contributed by atoms with Crippen LogP contribution in [0.3, 0.4) is 0 Å². The fourth-order valence-corrected chi connectivity index (χ4v) is 5.44. The zero-order valence-electron chi connectivity index (χ0n) is 21.0. The maximum atomic E-state index is 13.1. The van der Waals surface area contributed by atoms with E-state index < -0.39 is 23.5 Å². The van der Waals surface area contributed by atoms with Crippen molar-refractivity contribution in [3.05, 3.63) is 45.9 Å². The molecule has 1 unspecified atom stereocenters. The molecule has 1 aliphatic heterocycles. The monoisotopic (exact) mass is 575 g/mol. The molecule has 4 rings (SSSR count). The second-order valence-corrected chi connectivity index (χ2v) is 13.1. The SMILES string of the molecule is Cn1c(Nc2cc(CN[S+]([O-])C(C)(C)C)ccc2Cl)nc2cc(Cl)c(N3CCC(C(F)(F)F)CC3)cc21. The average molecular weight is 577 g/mol. The predicted molar refractivity (Wildman–Crippen MR) is 146 cm³/mol. The fourth-order valence-electron chi connectivity index (χ4n) is 4.27. The minimum atomic E-state index is -4.17. The summed E-state index contributed by atoms with van der Waals surface area (Å²) < 4.78 is 56.1. The summed E-state index contributed by atoms with van der Waals surface area (Å²) >= 11 is 11.8. The third-order valence-corrected chi connectivity index (χ3v) is 8.64. The van der Waals surface area contributed by atoms with Crippen LogP contribution >= 0.6 is 23.2 Å². The van der Waals surface area contributed by atoms with Gasteiger partial charge in [0, 0.05) is 31.5 Å². The summed E-state index contributed by atoms with van der Waals surface area (Å²) in [5, 5.41) is 4.21. The first-order valence-corrected chi connectivity index (χ1v) is 13.8. The van der Waals surface area contributed by atoms with Crippen LogP contribution in [-0.2, 0) is 25.0 Å². The molecule has 0 radical (unpaired) electrons. The number of aryl methyl sites for hydroxylation is 1. The Labute approximate surface area is 227 Å². The first kappa shape index (κ1) is 28.2. The highest BCUT2D eigenvalue weighted by Crippen LogP contribution is 2.39. The van der Waals surface area contributed by atoms with Gasteiger partial charge in [-0.25, -0.2) is 4.98 Å². The van der Waals surface area contributed by atoms with Crippen LogP contribution in [0.25, 0.3) is 11.0 Å². The van der Waals surface area contributed by atoms with Crippen molar-refractivity contribution >= 4 is 62.9 Å². The minimum absolute atomic E-state index is 0.0447. The van der Waals surface area contributed by atoms with Gasteiger partial charge >= 0.3 is 6.18 Å². The lowest BCUT2D eigenvalue weighted by Gasteiger charge is -2.34. The van der Waals surface area contributed by atoms with Gasteiger partial charge in [-0.3, -0.25) is 0 Å². The Kier molecular flexibility index (Phi) is 8.17. The van der Waals surface area contributed by atoms with Gasteiger partial charge in [-0.05, 0) is 63.4 Å². The Morgan fingerprint density at radius 2 is 1.76 bits per heavy atom. The Bertz CT molecular complexity index is 1270. The van der Waals surface area contributed by atoms with E-state index in [-0.39, 0.29) is 30.7 Å². The van der Waals surface area contributed by atoms with Crippen LogP contribution in [0.1, 0.15) is 39.2 Å². The normalized spacial score (nSPS) is 16.4. The molecule has 0 aliphatic carbocycles. The van der Waals surface area contributed by atoms with Crippen LogP contribution < -0.4 is 14.9 Å². The fraction of sp³-hybridized carbons (Fsp3) is 0.480. The lowest BCUT2D eigenvalue weighted by molar-refractivity contribution is -0.179. The smallest absolute Gasteiger partial charge is 0.391 e. The van der Waals surface area contributed by atoms with Crippen molar-refractivity contribution in [2.45, 2.75) is 51.1 Å². The summed E-state index contributed by atoms with van der Waals surface area (Å²) in [7, 11) is 1.84. The molecule has 2 heterocycles. The zero-order valence-corrected chi connectivity index (χ0v) is 23.4. The molecule has 0 bridgehead atoms. The number of nitrogens with one attached hydrogen (secondary N) is 2. The summed E-state index contributed by atoms with van der Waals surface area (Å²) in [6.45, 7) is 6.68. The number of halogens is 5. The maximum absolute atomic E-state index is 13.1. The van der Waals surface area contributed by atoms with Crippen molar-refractivity contribution < 1.29 is 17.7 Å². The highest BCUT2D eigenvalue weighted by molar-refractivity contribution is 7.90. The van der Waals surface area contributed by atoms with E-state index in [1.807, 2.05) is 55.5 Å². The molecule has 1 aromatic heterocycles. The van der Waals surface area contributed by atoms with E-state index in [9.17, 15) is 17.7 Å². The molecule has 1 atom stereocenters.